The Kier molecular flexibility index (Phi) is 2.38. The summed E-state index contributed by atoms with van der Waals surface area (Å²) in [6.07, 6.45) is 1.47. The van der Waals surface area contributed by atoms with Crippen LogP contribution in [0, 0.1) is 0 Å². The average Bonchev–Trinajstić information content (AvgIpc) is 2.77. The average molecular weight is 227 g/mol. The maximum Gasteiger partial charge on any atom is 0.181 e. The van der Waals surface area contributed by atoms with Gasteiger partial charge in [0.2, 0.25) is 0 Å². The number of fused-ring (bicyclic) bond motifs is 1. The summed E-state index contributed by atoms with van der Waals surface area (Å²) in [5.41, 5.74) is 1.73. The van der Waals surface area contributed by atoms with E-state index >= 15 is 0 Å². The molecule has 0 aliphatic rings. The Morgan fingerprint density at radius 2 is 1.81 bits per heavy atom. The molecule has 0 aliphatic carbocycles. The third-order valence-electron chi connectivity index (χ3n) is 2.28. The van der Waals surface area contributed by atoms with Crippen LogP contribution >= 0.6 is 11.8 Å². The van der Waals surface area contributed by atoms with E-state index in [1.54, 1.807) is 11.8 Å². The molecule has 0 aliphatic heterocycles. The van der Waals surface area contributed by atoms with Gasteiger partial charge in [-0.2, -0.15) is 0 Å². The van der Waals surface area contributed by atoms with Crippen molar-refractivity contribution in [3.63, 3.8) is 0 Å². The first kappa shape index (κ1) is 9.48. The van der Waals surface area contributed by atoms with Crippen LogP contribution in [0.2, 0.25) is 0 Å². The minimum Gasteiger partial charge on any atom is -0.443 e. The molecule has 0 radical (unpaired) electrons. The minimum atomic E-state index is 0.831. The summed E-state index contributed by atoms with van der Waals surface area (Å²) < 4.78 is 5.20. The number of hydrogen-bond donors (Lipinski definition) is 0. The van der Waals surface area contributed by atoms with Crippen LogP contribution in [0.5, 0.6) is 0 Å². The van der Waals surface area contributed by atoms with E-state index in [1.807, 2.05) is 36.4 Å². The summed E-state index contributed by atoms with van der Waals surface area (Å²) in [5.74, 6) is 0. The monoisotopic (exact) mass is 227 g/mol. The van der Waals surface area contributed by atoms with Gasteiger partial charge in [0, 0.05) is 9.79 Å². The highest BCUT2D eigenvalue weighted by Gasteiger charge is 2.01. The van der Waals surface area contributed by atoms with Crippen LogP contribution in [0.1, 0.15) is 0 Å². The summed E-state index contributed by atoms with van der Waals surface area (Å²) in [6, 6.07) is 16.3. The van der Waals surface area contributed by atoms with Crippen molar-refractivity contribution in [2.24, 2.45) is 0 Å². The van der Waals surface area contributed by atoms with Gasteiger partial charge in [0.25, 0.3) is 0 Å². The second kappa shape index (κ2) is 4.02. The standard InChI is InChI=1S/C13H9NOS/c1-2-4-10(5-3-1)16-11-6-7-13-12(8-11)14-9-15-13/h1-9H. The summed E-state index contributed by atoms with van der Waals surface area (Å²) in [4.78, 5) is 6.54. The van der Waals surface area contributed by atoms with Crippen molar-refractivity contribution >= 4 is 22.9 Å². The maximum absolute atomic E-state index is 5.20. The van der Waals surface area contributed by atoms with E-state index in [4.69, 9.17) is 4.42 Å². The lowest BCUT2D eigenvalue weighted by molar-refractivity contribution is 0.602. The van der Waals surface area contributed by atoms with Gasteiger partial charge in [-0.1, -0.05) is 30.0 Å². The van der Waals surface area contributed by atoms with Crippen molar-refractivity contribution < 1.29 is 4.42 Å². The van der Waals surface area contributed by atoms with Crippen LogP contribution in [0.15, 0.2) is 69.1 Å². The molecule has 0 saturated heterocycles. The lowest BCUT2D eigenvalue weighted by Crippen LogP contribution is -1.74. The van der Waals surface area contributed by atoms with Crippen LogP contribution in [0.25, 0.3) is 11.1 Å². The lowest BCUT2D eigenvalue weighted by Gasteiger charge is -2.00. The topological polar surface area (TPSA) is 26.0 Å². The fourth-order valence-electron chi connectivity index (χ4n) is 1.53. The Balaban J connectivity index is 1.94. The molecule has 1 heterocycles. The van der Waals surface area contributed by atoms with Gasteiger partial charge < -0.3 is 4.42 Å². The second-order valence-electron chi connectivity index (χ2n) is 3.40. The molecule has 0 atom stereocenters. The normalized spacial score (nSPS) is 10.8. The fraction of sp³-hybridized carbons (Fsp3) is 0. The van der Waals surface area contributed by atoms with E-state index < -0.39 is 0 Å². The Morgan fingerprint density at radius 1 is 0.938 bits per heavy atom. The molecule has 0 fully saturated rings. The molecule has 0 spiro atoms. The largest absolute Gasteiger partial charge is 0.443 e. The molecule has 2 nitrogen and oxygen atoms in total. The molecule has 3 heteroatoms. The smallest absolute Gasteiger partial charge is 0.181 e. The van der Waals surface area contributed by atoms with Crippen molar-refractivity contribution in [2.45, 2.75) is 9.79 Å². The fourth-order valence-corrected chi connectivity index (χ4v) is 2.40. The van der Waals surface area contributed by atoms with Crippen molar-refractivity contribution in [3.8, 4) is 0 Å². The van der Waals surface area contributed by atoms with Crippen LogP contribution in [0.4, 0.5) is 0 Å². The number of benzene rings is 2. The third-order valence-corrected chi connectivity index (χ3v) is 3.28. The van der Waals surface area contributed by atoms with Gasteiger partial charge in [0.15, 0.2) is 12.0 Å². The Morgan fingerprint density at radius 3 is 2.69 bits per heavy atom. The predicted octanol–water partition coefficient (Wildman–Crippen LogP) is 3.98. The van der Waals surface area contributed by atoms with E-state index in [1.165, 1.54) is 16.2 Å². The quantitative estimate of drug-likeness (QED) is 0.662. The molecule has 0 amide bonds. The zero-order valence-corrected chi connectivity index (χ0v) is 9.28. The minimum absolute atomic E-state index is 0.831. The highest BCUT2D eigenvalue weighted by atomic mass is 32.2. The molecule has 78 valence electrons. The van der Waals surface area contributed by atoms with Gasteiger partial charge in [-0.15, -0.1) is 0 Å². The van der Waals surface area contributed by atoms with Crippen molar-refractivity contribution in [1.29, 1.82) is 0 Å². The molecule has 16 heavy (non-hydrogen) atoms. The van der Waals surface area contributed by atoms with E-state index in [9.17, 15) is 0 Å². The van der Waals surface area contributed by atoms with Crippen LogP contribution in [-0.4, -0.2) is 4.98 Å². The molecule has 0 N–H and O–H groups in total. The third kappa shape index (κ3) is 1.82. The summed E-state index contributed by atoms with van der Waals surface area (Å²) >= 11 is 1.72. The first-order valence-corrected chi connectivity index (χ1v) is 5.80. The lowest BCUT2D eigenvalue weighted by atomic mass is 10.3. The number of oxazole rings is 1. The zero-order chi connectivity index (χ0) is 10.8. The van der Waals surface area contributed by atoms with Crippen molar-refractivity contribution in [1.82, 2.24) is 4.98 Å². The van der Waals surface area contributed by atoms with Gasteiger partial charge in [-0.05, 0) is 30.3 Å². The number of aromatic nitrogens is 1. The predicted molar refractivity (Wildman–Crippen MR) is 64.6 cm³/mol. The highest BCUT2D eigenvalue weighted by molar-refractivity contribution is 7.99. The summed E-state index contributed by atoms with van der Waals surface area (Å²) in [6.45, 7) is 0. The maximum atomic E-state index is 5.20. The van der Waals surface area contributed by atoms with Gasteiger partial charge in [-0.3, -0.25) is 0 Å². The number of rotatable bonds is 2. The van der Waals surface area contributed by atoms with Gasteiger partial charge >= 0.3 is 0 Å². The van der Waals surface area contributed by atoms with Gasteiger partial charge in [0.05, 0.1) is 0 Å². The van der Waals surface area contributed by atoms with Crippen LogP contribution in [-0.2, 0) is 0 Å². The molecule has 3 aromatic rings. The molecule has 0 unspecified atom stereocenters. The van der Waals surface area contributed by atoms with Crippen LogP contribution < -0.4 is 0 Å². The van der Waals surface area contributed by atoms with Crippen molar-refractivity contribution in [3.05, 3.63) is 54.9 Å². The van der Waals surface area contributed by atoms with Gasteiger partial charge in [-0.25, -0.2) is 4.98 Å². The molecule has 0 bridgehead atoms. The SMILES string of the molecule is c1ccc(Sc2ccc3ocnc3c2)cc1. The molecule has 3 rings (SSSR count). The summed E-state index contributed by atoms with van der Waals surface area (Å²) in [5, 5.41) is 0. The zero-order valence-electron chi connectivity index (χ0n) is 8.46. The van der Waals surface area contributed by atoms with Gasteiger partial charge in [0.1, 0.15) is 5.52 Å². The first-order valence-electron chi connectivity index (χ1n) is 4.98. The van der Waals surface area contributed by atoms with E-state index in [0.29, 0.717) is 0 Å². The van der Waals surface area contributed by atoms with E-state index in [2.05, 4.69) is 17.1 Å². The van der Waals surface area contributed by atoms with E-state index in [-0.39, 0.29) is 0 Å². The highest BCUT2D eigenvalue weighted by Crippen LogP contribution is 2.29. The second-order valence-corrected chi connectivity index (χ2v) is 4.54. The molecular weight excluding hydrogens is 218 g/mol. The molecule has 0 saturated carbocycles. The van der Waals surface area contributed by atoms with Crippen molar-refractivity contribution in [2.75, 3.05) is 0 Å². The number of nitrogens with zero attached hydrogens (tertiary/aromatic N) is 1. The molecule has 1 aromatic heterocycles. The first-order chi connectivity index (χ1) is 7.92. The Labute approximate surface area is 97.3 Å². The van der Waals surface area contributed by atoms with E-state index in [0.717, 1.165) is 11.1 Å². The number of hydrogen-bond acceptors (Lipinski definition) is 3. The van der Waals surface area contributed by atoms with Crippen LogP contribution in [0.3, 0.4) is 0 Å². The molecule has 2 aromatic carbocycles. The molecular formula is C13H9NOS. The summed E-state index contributed by atoms with van der Waals surface area (Å²) in [7, 11) is 0. The Hall–Kier alpha value is -1.74. The Bertz CT molecular complexity index is 603.